The maximum atomic E-state index is 9.50. The lowest BCUT2D eigenvalue weighted by molar-refractivity contribution is 1.06. The van der Waals surface area contributed by atoms with E-state index in [0.717, 1.165) is 28.8 Å². The molecule has 0 aliphatic rings. The lowest BCUT2D eigenvalue weighted by atomic mass is 10.1. The zero-order chi connectivity index (χ0) is 22.1. The summed E-state index contributed by atoms with van der Waals surface area (Å²) in [5.74, 6) is 1.06. The predicted octanol–water partition coefficient (Wildman–Crippen LogP) is 4.56. The molecule has 0 fully saturated rings. The van der Waals surface area contributed by atoms with Gasteiger partial charge in [0.2, 0.25) is 0 Å². The molecule has 0 bridgehead atoms. The lowest BCUT2D eigenvalue weighted by Gasteiger charge is -2.11. The van der Waals surface area contributed by atoms with Gasteiger partial charge in [0.1, 0.15) is 17.4 Å². The summed E-state index contributed by atoms with van der Waals surface area (Å²) in [6, 6.07) is 19.8. The normalized spacial score (nSPS) is 10.9. The second-order valence-corrected chi connectivity index (χ2v) is 7.30. The fourth-order valence-corrected chi connectivity index (χ4v) is 3.73. The Morgan fingerprint density at radius 1 is 0.969 bits per heavy atom. The van der Waals surface area contributed by atoms with Gasteiger partial charge in [0.25, 0.3) is 0 Å². The van der Waals surface area contributed by atoms with Crippen molar-refractivity contribution in [2.75, 3.05) is 5.73 Å². The van der Waals surface area contributed by atoms with Crippen LogP contribution < -0.4 is 5.73 Å². The van der Waals surface area contributed by atoms with Gasteiger partial charge in [-0.2, -0.15) is 5.26 Å². The monoisotopic (exact) mass is 417 g/mol. The van der Waals surface area contributed by atoms with Crippen molar-refractivity contribution in [2.45, 2.75) is 13.3 Å². The SMILES string of the molecule is CCc1ccc(-n2c(-c3cccnc3N)nc3ccc(-c4ccncc4C#N)nc32)cc1. The zero-order valence-electron chi connectivity index (χ0n) is 17.4. The number of rotatable bonds is 4. The summed E-state index contributed by atoms with van der Waals surface area (Å²) in [6.07, 6.45) is 5.81. The molecule has 7 nitrogen and oxygen atoms in total. The summed E-state index contributed by atoms with van der Waals surface area (Å²) in [6.45, 7) is 2.12. The van der Waals surface area contributed by atoms with Crippen LogP contribution in [-0.4, -0.2) is 24.5 Å². The zero-order valence-corrected chi connectivity index (χ0v) is 17.4. The molecule has 0 atom stereocenters. The summed E-state index contributed by atoms with van der Waals surface area (Å²) in [5.41, 5.74) is 12.3. The molecule has 154 valence electrons. The molecule has 32 heavy (non-hydrogen) atoms. The molecule has 1 aromatic carbocycles. The number of aryl methyl sites for hydroxylation is 1. The molecule has 5 rings (SSSR count). The van der Waals surface area contributed by atoms with Gasteiger partial charge in [-0.25, -0.2) is 15.0 Å². The number of nitriles is 1. The van der Waals surface area contributed by atoms with Crippen molar-refractivity contribution in [3.05, 3.63) is 84.3 Å². The van der Waals surface area contributed by atoms with Gasteiger partial charge in [0.15, 0.2) is 11.5 Å². The van der Waals surface area contributed by atoms with Gasteiger partial charge < -0.3 is 5.73 Å². The molecule has 0 aliphatic heterocycles. The number of hydrogen-bond donors (Lipinski definition) is 1. The van der Waals surface area contributed by atoms with Gasteiger partial charge in [-0.1, -0.05) is 19.1 Å². The highest BCUT2D eigenvalue weighted by atomic mass is 15.1. The van der Waals surface area contributed by atoms with Crippen LogP contribution in [0.4, 0.5) is 5.82 Å². The third-order valence-corrected chi connectivity index (χ3v) is 5.40. The Morgan fingerprint density at radius 3 is 2.56 bits per heavy atom. The summed E-state index contributed by atoms with van der Waals surface area (Å²) >= 11 is 0. The number of benzene rings is 1. The molecule has 2 N–H and O–H groups in total. The quantitative estimate of drug-likeness (QED) is 0.459. The smallest absolute Gasteiger partial charge is 0.165 e. The van der Waals surface area contributed by atoms with Gasteiger partial charge >= 0.3 is 0 Å². The molecule has 5 aromatic rings. The fraction of sp³-hybridized carbons (Fsp3) is 0.0800. The minimum absolute atomic E-state index is 0.398. The highest BCUT2D eigenvalue weighted by Crippen LogP contribution is 2.32. The van der Waals surface area contributed by atoms with Crippen molar-refractivity contribution in [1.82, 2.24) is 24.5 Å². The molecular weight excluding hydrogens is 398 g/mol. The van der Waals surface area contributed by atoms with Crippen molar-refractivity contribution in [3.63, 3.8) is 0 Å². The number of imidazole rings is 1. The lowest BCUT2D eigenvalue weighted by Crippen LogP contribution is -2.02. The average Bonchev–Trinajstić information content (AvgIpc) is 3.22. The van der Waals surface area contributed by atoms with E-state index in [4.69, 9.17) is 15.7 Å². The van der Waals surface area contributed by atoms with E-state index in [-0.39, 0.29) is 0 Å². The van der Waals surface area contributed by atoms with Crippen LogP contribution in [-0.2, 0) is 6.42 Å². The molecule has 4 heterocycles. The number of hydrogen-bond acceptors (Lipinski definition) is 6. The van der Waals surface area contributed by atoms with Crippen LogP contribution in [0.2, 0.25) is 0 Å². The molecule has 0 saturated carbocycles. The number of anilines is 1. The molecule has 0 saturated heterocycles. The van der Waals surface area contributed by atoms with E-state index in [9.17, 15) is 5.26 Å². The Labute approximate surface area is 184 Å². The van der Waals surface area contributed by atoms with Crippen molar-refractivity contribution in [1.29, 1.82) is 5.26 Å². The van der Waals surface area contributed by atoms with E-state index in [1.807, 2.05) is 28.8 Å². The Morgan fingerprint density at radius 2 is 1.81 bits per heavy atom. The number of aromatic nitrogens is 5. The van der Waals surface area contributed by atoms with Crippen LogP contribution in [0.5, 0.6) is 0 Å². The van der Waals surface area contributed by atoms with Crippen LogP contribution in [0.25, 0.3) is 39.5 Å². The highest BCUT2D eigenvalue weighted by molar-refractivity contribution is 5.85. The number of nitrogens with two attached hydrogens (primary N) is 1. The molecule has 4 aromatic heterocycles. The first-order chi connectivity index (χ1) is 15.7. The van der Waals surface area contributed by atoms with Gasteiger partial charge in [0.05, 0.1) is 16.8 Å². The van der Waals surface area contributed by atoms with Crippen molar-refractivity contribution in [3.8, 4) is 34.4 Å². The summed E-state index contributed by atoms with van der Waals surface area (Å²) in [5, 5.41) is 9.50. The minimum atomic E-state index is 0.398. The third-order valence-electron chi connectivity index (χ3n) is 5.40. The Hall–Kier alpha value is -4.57. The van der Waals surface area contributed by atoms with Crippen molar-refractivity contribution < 1.29 is 0 Å². The highest BCUT2D eigenvalue weighted by Gasteiger charge is 2.19. The fourth-order valence-electron chi connectivity index (χ4n) is 3.73. The topological polar surface area (TPSA) is 106 Å². The number of fused-ring (bicyclic) bond motifs is 1. The van der Waals surface area contributed by atoms with Gasteiger partial charge in [-0.15, -0.1) is 0 Å². The predicted molar refractivity (Wildman–Crippen MR) is 124 cm³/mol. The van der Waals surface area contributed by atoms with Gasteiger partial charge in [-0.3, -0.25) is 9.55 Å². The molecule has 0 spiro atoms. The van der Waals surface area contributed by atoms with Crippen molar-refractivity contribution in [2.24, 2.45) is 0 Å². The first kappa shape index (κ1) is 19.4. The van der Waals surface area contributed by atoms with E-state index in [1.165, 1.54) is 5.56 Å². The van der Waals surface area contributed by atoms with E-state index >= 15 is 0 Å². The molecular formula is C25H19N7. The van der Waals surface area contributed by atoms with Crippen LogP contribution >= 0.6 is 0 Å². The molecule has 0 amide bonds. The third kappa shape index (κ3) is 3.24. The van der Waals surface area contributed by atoms with E-state index in [0.29, 0.717) is 28.5 Å². The minimum Gasteiger partial charge on any atom is -0.383 e. The standard InChI is InChI=1S/C25H19N7/c1-2-16-5-7-18(8-6-16)32-24(20-4-3-12-29-23(20)27)31-22-10-9-21(30-25(22)32)19-11-13-28-15-17(19)14-26/h3-13,15H,2H2,1H3,(H2,27,29). The molecule has 7 heteroatoms. The molecule has 0 unspecified atom stereocenters. The Balaban J connectivity index is 1.80. The summed E-state index contributed by atoms with van der Waals surface area (Å²) < 4.78 is 1.99. The van der Waals surface area contributed by atoms with E-state index in [2.05, 4.69) is 47.2 Å². The van der Waals surface area contributed by atoms with Crippen LogP contribution in [0, 0.1) is 11.3 Å². The average molecular weight is 417 g/mol. The molecule has 0 aliphatic carbocycles. The Kier molecular flexibility index (Phi) is 4.81. The maximum absolute atomic E-state index is 9.50. The first-order valence-corrected chi connectivity index (χ1v) is 10.2. The number of pyridine rings is 3. The Bertz CT molecular complexity index is 1480. The maximum Gasteiger partial charge on any atom is 0.165 e. The second kappa shape index (κ2) is 7.93. The number of nitrogen functional groups attached to an aromatic ring is 1. The molecule has 0 radical (unpaired) electrons. The summed E-state index contributed by atoms with van der Waals surface area (Å²) in [4.78, 5) is 18.0. The van der Waals surface area contributed by atoms with Gasteiger partial charge in [-0.05, 0) is 54.4 Å². The largest absolute Gasteiger partial charge is 0.383 e. The van der Waals surface area contributed by atoms with Gasteiger partial charge in [0, 0.05) is 29.8 Å². The van der Waals surface area contributed by atoms with Crippen LogP contribution in [0.3, 0.4) is 0 Å². The van der Waals surface area contributed by atoms with Crippen LogP contribution in [0.1, 0.15) is 18.1 Å². The number of nitrogens with zero attached hydrogens (tertiary/aromatic N) is 6. The van der Waals surface area contributed by atoms with Crippen LogP contribution in [0.15, 0.2) is 73.2 Å². The van der Waals surface area contributed by atoms with E-state index in [1.54, 1.807) is 24.7 Å². The van der Waals surface area contributed by atoms with Crippen molar-refractivity contribution >= 4 is 17.0 Å². The summed E-state index contributed by atoms with van der Waals surface area (Å²) in [7, 11) is 0. The first-order valence-electron chi connectivity index (χ1n) is 10.2. The van der Waals surface area contributed by atoms with E-state index < -0.39 is 0 Å². The second-order valence-electron chi connectivity index (χ2n) is 7.30.